The molecule has 2 nitrogen and oxygen atoms in total. The van der Waals surface area contributed by atoms with Crippen LogP contribution in [0.5, 0.6) is 5.75 Å². The van der Waals surface area contributed by atoms with Crippen molar-refractivity contribution in [3.8, 4) is 17.6 Å². The molecule has 0 heterocycles. The predicted molar refractivity (Wildman–Crippen MR) is 82.7 cm³/mol. The van der Waals surface area contributed by atoms with Crippen LogP contribution < -0.4 is 10.1 Å². The number of nitrogens with one attached hydrogen (secondary N) is 1. The molecule has 1 unspecified atom stereocenters. The van der Waals surface area contributed by atoms with Crippen LogP contribution in [0.1, 0.15) is 24.1 Å². The second-order valence-electron chi connectivity index (χ2n) is 4.54. The quantitative estimate of drug-likeness (QED) is 0.856. The first-order valence-electron chi connectivity index (χ1n) is 6.73. The second kappa shape index (κ2) is 7.37. The third-order valence-electron chi connectivity index (χ3n) is 3.13. The van der Waals surface area contributed by atoms with Crippen LogP contribution in [0.25, 0.3) is 0 Å². The van der Waals surface area contributed by atoms with Crippen LogP contribution in [-0.2, 0) is 0 Å². The summed E-state index contributed by atoms with van der Waals surface area (Å²) in [5.74, 6) is 6.93. The molecule has 0 spiro atoms. The lowest BCUT2D eigenvalue weighted by molar-refractivity contribution is 0.370. The van der Waals surface area contributed by atoms with E-state index in [2.05, 4.69) is 36.2 Å². The van der Waals surface area contributed by atoms with Gasteiger partial charge in [-0.15, -0.1) is 0 Å². The van der Waals surface area contributed by atoms with Crippen LogP contribution in [0.3, 0.4) is 0 Å². The summed E-state index contributed by atoms with van der Waals surface area (Å²) in [6.45, 7) is 2.52. The van der Waals surface area contributed by atoms with Gasteiger partial charge in [-0.2, -0.15) is 0 Å². The third kappa shape index (κ3) is 4.15. The second-order valence-corrected chi connectivity index (χ2v) is 4.54. The van der Waals surface area contributed by atoms with E-state index in [4.69, 9.17) is 4.74 Å². The highest BCUT2D eigenvalue weighted by Gasteiger charge is 2.01. The maximum absolute atomic E-state index is 5.60. The van der Waals surface area contributed by atoms with Gasteiger partial charge in [-0.25, -0.2) is 0 Å². The molecule has 2 aromatic carbocycles. The van der Waals surface area contributed by atoms with Crippen LogP contribution in [0.4, 0.5) is 0 Å². The van der Waals surface area contributed by atoms with Crippen LogP contribution in [0, 0.1) is 11.8 Å². The van der Waals surface area contributed by atoms with Gasteiger partial charge in [-0.05, 0) is 43.8 Å². The van der Waals surface area contributed by atoms with Crippen molar-refractivity contribution in [2.45, 2.75) is 13.0 Å². The predicted octanol–water partition coefficient (Wildman–Crippen LogP) is 3.40. The van der Waals surface area contributed by atoms with Gasteiger partial charge < -0.3 is 10.1 Å². The molecule has 1 N–H and O–H groups in total. The van der Waals surface area contributed by atoms with Crippen molar-refractivity contribution in [3.05, 3.63) is 65.7 Å². The zero-order valence-corrected chi connectivity index (χ0v) is 11.9. The van der Waals surface area contributed by atoms with E-state index in [9.17, 15) is 0 Å². The summed E-state index contributed by atoms with van der Waals surface area (Å²) in [4.78, 5) is 0. The highest BCUT2D eigenvalue weighted by molar-refractivity contribution is 5.34. The lowest BCUT2D eigenvalue weighted by Crippen LogP contribution is -2.11. The Balaban J connectivity index is 1.87. The Kier molecular flexibility index (Phi) is 5.23. The zero-order chi connectivity index (χ0) is 14.2. The first kappa shape index (κ1) is 14.2. The van der Waals surface area contributed by atoms with E-state index in [1.165, 1.54) is 5.56 Å². The van der Waals surface area contributed by atoms with Crippen molar-refractivity contribution in [2.24, 2.45) is 0 Å². The van der Waals surface area contributed by atoms with Gasteiger partial charge in [0.05, 0.1) is 0 Å². The fraction of sp³-hybridized carbons (Fsp3) is 0.222. The summed E-state index contributed by atoms with van der Waals surface area (Å²) in [6, 6.07) is 18.4. The molecule has 0 saturated carbocycles. The molecule has 0 amide bonds. The molecule has 0 aliphatic carbocycles. The maximum atomic E-state index is 5.60. The van der Waals surface area contributed by atoms with E-state index in [1.54, 1.807) is 0 Å². The van der Waals surface area contributed by atoms with Crippen molar-refractivity contribution >= 4 is 0 Å². The van der Waals surface area contributed by atoms with Crippen LogP contribution in [-0.4, -0.2) is 13.7 Å². The molecule has 0 fully saturated rings. The normalized spacial score (nSPS) is 11.3. The van der Waals surface area contributed by atoms with E-state index >= 15 is 0 Å². The lowest BCUT2D eigenvalue weighted by Gasteiger charge is -2.10. The first-order valence-corrected chi connectivity index (χ1v) is 6.73. The molecule has 0 saturated heterocycles. The molecule has 20 heavy (non-hydrogen) atoms. The van der Waals surface area contributed by atoms with Gasteiger partial charge in [0, 0.05) is 11.6 Å². The van der Waals surface area contributed by atoms with Crippen LogP contribution in [0.15, 0.2) is 54.6 Å². The Hall–Kier alpha value is -2.24. The summed E-state index contributed by atoms with van der Waals surface area (Å²) >= 11 is 0. The van der Waals surface area contributed by atoms with Gasteiger partial charge in [0.2, 0.25) is 0 Å². The molecule has 0 aliphatic rings. The largest absolute Gasteiger partial charge is 0.481 e. The van der Waals surface area contributed by atoms with Crippen molar-refractivity contribution < 1.29 is 4.74 Å². The molecule has 0 aliphatic heterocycles. The van der Waals surface area contributed by atoms with Crippen molar-refractivity contribution in [3.63, 3.8) is 0 Å². The van der Waals surface area contributed by atoms with E-state index in [0.29, 0.717) is 12.6 Å². The third-order valence-corrected chi connectivity index (χ3v) is 3.13. The average Bonchev–Trinajstić information content (AvgIpc) is 2.52. The Bertz CT molecular complexity index is 578. The number of hydrogen-bond donors (Lipinski definition) is 1. The van der Waals surface area contributed by atoms with Gasteiger partial charge in [-0.3, -0.25) is 0 Å². The molecule has 2 heteroatoms. The van der Waals surface area contributed by atoms with E-state index < -0.39 is 0 Å². The topological polar surface area (TPSA) is 21.3 Å². The summed E-state index contributed by atoms with van der Waals surface area (Å²) in [5, 5.41) is 3.21. The van der Waals surface area contributed by atoms with Gasteiger partial charge in [-0.1, -0.05) is 42.2 Å². The van der Waals surface area contributed by atoms with E-state index in [-0.39, 0.29) is 0 Å². The number of ether oxygens (including phenoxy) is 1. The number of benzene rings is 2. The van der Waals surface area contributed by atoms with Gasteiger partial charge in [0.15, 0.2) is 0 Å². The van der Waals surface area contributed by atoms with Crippen molar-refractivity contribution in [1.82, 2.24) is 5.32 Å². The Morgan fingerprint density at radius 3 is 2.40 bits per heavy atom. The number of hydrogen-bond acceptors (Lipinski definition) is 2. The summed E-state index contributed by atoms with van der Waals surface area (Å²) in [7, 11) is 1.95. The molecule has 2 aromatic rings. The van der Waals surface area contributed by atoms with Gasteiger partial charge in [0.25, 0.3) is 0 Å². The lowest BCUT2D eigenvalue weighted by atomic mass is 10.1. The molecule has 2 rings (SSSR count). The molecule has 1 atom stereocenters. The molecule has 102 valence electrons. The van der Waals surface area contributed by atoms with Gasteiger partial charge in [0.1, 0.15) is 12.4 Å². The molecular weight excluding hydrogens is 246 g/mol. The van der Waals surface area contributed by atoms with E-state index in [0.717, 1.165) is 11.3 Å². The average molecular weight is 265 g/mol. The zero-order valence-electron chi connectivity index (χ0n) is 11.9. The number of rotatable bonds is 4. The summed E-state index contributed by atoms with van der Waals surface area (Å²) in [5.41, 5.74) is 2.25. The Morgan fingerprint density at radius 2 is 1.75 bits per heavy atom. The van der Waals surface area contributed by atoms with Crippen LogP contribution in [0.2, 0.25) is 0 Å². The Morgan fingerprint density at radius 1 is 1.05 bits per heavy atom. The minimum atomic E-state index is 0.349. The van der Waals surface area contributed by atoms with Crippen molar-refractivity contribution in [2.75, 3.05) is 13.7 Å². The van der Waals surface area contributed by atoms with Gasteiger partial charge >= 0.3 is 0 Å². The van der Waals surface area contributed by atoms with E-state index in [1.807, 2.05) is 49.5 Å². The molecular formula is C18H19NO. The molecule has 0 bridgehead atoms. The smallest absolute Gasteiger partial charge is 0.149 e. The summed E-state index contributed by atoms with van der Waals surface area (Å²) in [6.07, 6.45) is 0. The highest BCUT2D eigenvalue weighted by Crippen LogP contribution is 2.16. The molecule has 0 radical (unpaired) electrons. The fourth-order valence-corrected chi connectivity index (χ4v) is 1.80. The maximum Gasteiger partial charge on any atom is 0.149 e. The minimum Gasteiger partial charge on any atom is -0.481 e. The standard InChI is InChI=1S/C18H19NO/c1-15(19-2)17-10-12-18(13-11-17)20-14-6-9-16-7-4-3-5-8-16/h3-5,7-8,10-13,15,19H,14H2,1-2H3. The Labute approximate surface area is 120 Å². The highest BCUT2D eigenvalue weighted by atomic mass is 16.5. The fourth-order valence-electron chi connectivity index (χ4n) is 1.80. The SMILES string of the molecule is CNC(C)c1ccc(OCC#Cc2ccccc2)cc1. The summed E-state index contributed by atoms with van der Waals surface area (Å²) < 4.78 is 5.60. The molecule has 0 aromatic heterocycles. The first-order chi connectivity index (χ1) is 9.79. The van der Waals surface area contributed by atoms with Crippen LogP contribution >= 0.6 is 0 Å². The van der Waals surface area contributed by atoms with Crippen molar-refractivity contribution in [1.29, 1.82) is 0 Å². The minimum absolute atomic E-state index is 0.349. The monoisotopic (exact) mass is 265 g/mol.